The number of rotatable bonds is 3. The summed E-state index contributed by atoms with van der Waals surface area (Å²) in [5.74, 6) is -4.39. The maximum absolute atomic E-state index is 14.6. The minimum absolute atomic E-state index is 0.0422. The van der Waals surface area contributed by atoms with Crippen LogP contribution in [0, 0.1) is 11.6 Å². The van der Waals surface area contributed by atoms with E-state index in [0.717, 1.165) is 22.5 Å². The molecule has 1 aromatic heterocycles. The Balaban J connectivity index is 2.11. The van der Waals surface area contributed by atoms with Gasteiger partial charge in [-0.3, -0.25) is 4.98 Å². The minimum Gasteiger partial charge on any atom is -0.369 e. The van der Waals surface area contributed by atoms with Gasteiger partial charge in [0, 0.05) is 18.8 Å². The Bertz CT molecular complexity index is 1140. The van der Waals surface area contributed by atoms with Gasteiger partial charge in [0.2, 0.25) is 16.0 Å². The van der Waals surface area contributed by atoms with Gasteiger partial charge in [0.25, 0.3) is 0 Å². The number of halogens is 4. The number of sulfonamides is 1. The van der Waals surface area contributed by atoms with E-state index in [4.69, 9.17) is 17.3 Å². The van der Waals surface area contributed by atoms with Crippen LogP contribution in [0.25, 0.3) is 11.9 Å². The average Bonchev–Trinajstić information content (AvgIpc) is 2.62. The Morgan fingerprint density at radius 3 is 2.62 bits per heavy atom. The Hall–Kier alpha value is -2.59. The summed E-state index contributed by atoms with van der Waals surface area (Å²) < 4.78 is 68.7. The number of nitrogens with zero attached hydrogens (tertiary/aromatic N) is 3. The van der Waals surface area contributed by atoms with Crippen molar-refractivity contribution in [3.05, 3.63) is 63.9 Å². The largest absolute Gasteiger partial charge is 0.369 e. The lowest BCUT2D eigenvalue weighted by atomic mass is 9.92. The smallest absolute Gasteiger partial charge is 0.239 e. The van der Waals surface area contributed by atoms with Gasteiger partial charge in [0.05, 0.1) is 16.5 Å². The Morgan fingerprint density at radius 1 is 1.34 bits per heavy atom. The first-order chi connectivity index (χ1) is 13.4. The molecule has 2 aromatic rings. The highest BCUT2D eigenvalue weighted by molar-refractivity contribution is 7.89. The lowest BCUT2D eigenvalue weighted by molar-refractivity contribution is 0.435. The van der Waals surface area contributed by atoms with Crippen molar-refractivity contribution in [2.75, 3.05) is 12.8 Å². The fourth-order valence-electron chi connectivity index (χ4n) is 2.91. The molecular weight excluding hydrogens is 429 g/mol. The zero-order chi connectivity index (χ0) is 21.6. The molecule has 0 amide bonds. The van der Waals surface area contributed by atoms with E-state index < -0.39 is 38.8 Å². The summed E-state index contributed by atoms with van der Waals surface area (Å²) in [7, 11) is -2.70. The molecule has 29 heavy (non-hydrogen) atoms. The molecule has 1 aliphatic heterocycles. The van der Waals surface area contributed by atoms with E-state index in [1.807, 2.05) is 0 Å². The van der Waals surface area contributed by atoms with Gasteiger partial charge in [-0.1, -0.05) is 11.6 Å². The van der Waals surface area contributed by atoms with E-state index in [-0.39, 0.29) is 22.8 Å². The molecule has 2 heterocycles. The van der Waals surface area contributed by atoms with Crippen molar-refractivity contribution in [1.29, 1.82) is 0 Å². The monoisotopic (exact) mass is 444 g/mol. The molecule has 154 valence electrons. The standard InChI is InChI=1S/C18H16ClF3N4O2S/c1-18(9-29(27,28)26(2)17(23)25-18)12-5-10(7-14(21)16(12)22)6-13(20)15-4-3-11(19)8-24-15/h3-8H,9H2,1-2H3,(H2,23,25)/b13-6-/t18-/m0/s1. The van der Waals surface area contributed by atoms with Crippen LogP contribution in [0.15, 0.2) is 35.5 Å². The zero-order valence-electron chi connectivity index (χ0n) is 15.3. The molecule has 0 aliphatic carbocycles. The molecule has 3 rings (SSSR count). The average molecular weight is 445 g/mol. The molecule has 1 atom stereocenters. The maximum Gasteiger partial charge on any atom is 0.239 e. The van der Waals surface area contributed by atoms with Crippen LogP contribution in [0.2, 0.25) is 5.02 Å². The van der Waals surface area contributed by atoms with Crippen molar-refractivity contribution in [2.24, 2.45) is 10.7 Å². The van der Waals surface area contributed by atoms with Gasteiger partial charge in [-0.25, -0.2) is 30.9 Å². The van der Waals surface area contributed by atoms with Crippen LogP contribution in [0.3, 0.4) is 0 Å². The number of hydrogen-bond acceptors (Lipinski definition) is 5. The number of hydrogen-bond donors (Lipinski definition) is 1. The molecule has 0 bridgehead atoms. The second-order valence-corrected chi connectivity index (χ2v) is 9.12. The second kappa shape index (κ2) is 7.34. The molecule has 6 nitrogen and oxygen atoms in total. The predicted molar refractivity (Wildman–Crippen MR) is 105 cm³/mol. The number of pyridine rings is 1. The van der Waals surface area contributed by atoms with Gasteiger partial charge in [-0.15, -0.1) is 0 Å². The van der Waals surface area contributed by atoms with Gasteiger partial charge in [-0.2, -0.15) is 0 Å². The zero-order valence-corrected chi connectivity index (χ0v) is 16.9. The van der Waals surface area contributed by atoms with Gasteiger partial charge in [-0.05, 0) is 42.8 Å². The molecule has 0 saturated heterocycles. The van der Waals surface area contributed by atoms with Gasteiger partial charge >= 0.3 is 0 Å². The lowest BCUT2D eigenvalue weighted by Gasteiger charge is -2.34. The summed E-state index contributed by atoms with van der Waals surface area (Å²) in [6, 6.07) is 4.67. The molecule has 1 aliphatic rings. The van der Waals surface area contributed by atoms with Crippen LogP contribution in [-0.4, -0.2) is 36.5 Å². The molecule has 0 saturated carbocycles. The third-order valence-corrected chi connectivity index (χ3v) is 6.63. The van der Waals surface area contributed by atoms with E-state index in [0.29, 0.717) is 5.02 Å². The van der Waals surface area contributed by atoms with Crippen molar-refractivity contribution in [1.82, 2.24) is 9.29 Å². The minimum atomic E-state index is -3.90. The van der Waals surface area contributed by atoms with E-state index in [1.54, 1.807) is 0 Å². The summed E-state index contributed by atoms with van der Waals surface area (Å²) in [4.78, 5) is 7.86. The number of guanidine groups is 1. The van der Waals surface area contributed by atoms with Gasteiger partial charge < -0.3 is 5.73 Å². The highest BCUT2D eigenvalue weighted by atomic mass is 35.5. The van der Waals surface area contributed by atoms with Crippen LogP contribution in [-0.2, 0) is 15.6 Å². The first-order valence-electron chi connectivity index (χ1n) is 8.23. The molecule has 11 heteroatoms. The van der Waals surface area contributed by atoms with Crippen LogP contribution in [0.5, 0.6) is 0 Å². The Kier molecular flexibility index (Phi) is 5.35. The first kappa shape index (κ1) is 21.1. The molecule has 0 spiro atoms. The second-order valence-electron chi connectivity index (χ2n) is 6.69. The molecule has 0 fully saturated rings. The molecule has 1 aromatic carbocycles. The fourth-order valence-corrected chi connectivity index (χ4v) is 4.47. The number of nitrogens with two attached hydrogens (primary N) is 1. The quantitative estimate of drug-likeness (QED) is 0.786. The van der Waals surface area contributed by atoms with Crippen molar-refractivity contribution in [3.8, 4) is 0 Å². The molecule has 0 unspecified atom stereocenters. The van der Waals surface area contributed by atoms with E-state index in [2.05, 4.69) is 9.98 Å². The van der Waals surface area contributed by atoms with E-state index >= 15 is 0 Å². The molecule has 2 N–H and O–H groups in total. The first-order valence-corrected chi connectivity index (χ1v) is 10.2. The van der Waals surface area contributed by atoms with Gasteiger partial charge in [0.1, 0.15) is 11.4 Å². The normalized spacial score (nSPS) is 21.8. The van der Waals surface area contributed by atoms with Crippen LogP contribution in [0.4, 0.5) is 13.2 Å². The van der Waals surface area contributed by atoms with Gasteiger partial charge in [0.15, 0.2) is 11.6 Å². The van der Waals surface area contributed by atoms with Crippen molar-refractivity contribution >= 4 is 39.5 Å². The highest BCUT2D eigenvalue weighted by Crippen LogP contribution is 2.35. The number of aromatic nitrogens is 1. The lowest BCUT2D eigenvalue weighted by Crippen LogP contribution is -2.50. The fraction of sp³-hybridized carbons (Fsp3) is 0.222. The molecule has 0 radical (unpaired) electrons. The van der Waals surface area contributed by atoms with Crippen molar-refractivity contribution < 1.29 is 21.6 Å². The highest BCUT2D eigenvalue weighted by Gasteiger charge is 2.42. The maximum atomic E-state index is 14.6. The summed E-state index contributed by atoms with van der Waals surface area (Å²) in [6.45, 7) is 1.31. The summed E-state index contributed by atoms with van der Waals surface area (Å²) in [6.07, 6.45) is 2.19. The summed E-state index contributed by atoms with van der Waals surface area (Å²) in [5.41, 5.74) is 3.49. The predicted octanol–water partition coefficient (Wildman–Crippen LogP) is 3.29. The summed E-state index contributed by atoms with van der Waals surface area (Å²) in [5, 5.41) is 0.309. The van der Waals surface area contributed by atoms with Crippen LogP contribution < -0.4 is 5.73 Å². The Labute approximate surface area is 170 Å². The van der Waals surface area contributed by atoms with Crippen molar-refractivity contribution in [2.45, 2.75) is 12.5 Å². The third-order valence-electron chi connectivity index (χ3n) is 4.46. The SMILES string of the molecule is CN1C(N)=N[C@](C)(c2cc(/C=C(\F)c3ccc(Cl)cn3)cc(F)c2F)CS1(=O)=O. The van der Waals surface area contributed by atoms with E-state index in [1.165, 1.54) is 32.3 Å². The Morgan fingerprint density at radius 2 is 2.03 bits per heavy atom. The van der Waals surface area contributed by atoms with Crippen molar-refractivity contribution in [3.63, 3.8) is 0 Å². The number of aliphatic imine (C=N–C) groups is 1. The number of benzene rings is 1. The molecular formula is C18H16ClF3N4O2S. The van der Waals surface area contributed by atoms with E-state index in [9.17, 15) is 21.6 Å². The van der Waals surface area contributed by atoms with Crippen LogP contribution >= 0.6 is 11.6 Å². The summed E-state index contributed by atoms with van der Waals surface area (Å²) >= 11 is 5.71. The topological polar surface area (TPSA) is 88.7 Å². The third kappa shape index (κ3) is 4.08. The van der Waals surface area contributed by atoms with Crippen LogP contribution in [0.1, 0.15) is 23.7 Å².